The standard InChI is InChI=1S/C46H43BF2N2S2/c1-44(2,3)26-16-19-36-32(20-26)47-33-22-29-31(46(7,8)9)25-53-41(29)23-39(33)50(27-17-18-28-30(45(4,5)6)24-52-40(28)21-27)37-14-11-15-38(42(37)47)51(36)43-34(48)12-10-13-35(43)49/h10-25H,1-9H3. The van der Waals surface area contributed by atoms with Crippen molar-refractivity contribution in [3.63, 3.8) is 0 Å². The number of hydrogen-bond acceptors (Lipinski definition) is 4. The summed E-state index contributed by atoms with van der Waals surface area (Å²) < 4.78 is 34.5. The molecule has 0 spiro atoms. The Morgan fingerprint density at radius 1 is 0.528 bits per heavy atom. The summed E-state index contributed by atoms with van der Waals surface area (Å²) in [6, 6.07) is 28.5. The molecule has 2 nitrogen and oxygen atoms in total. The Kier molecular flexibility index (Phi) is 7.46. The number of anilines is 6. The number of thiophene rings is 2. The molecule has 0 atom stereocenters. The van der Waals surface area contributed by atoms with Gasteiger partial charge in [-0.1, -0.05) is 98.7 Å². The zero-order valence-corrected chi connectivity index (χ0v) is 33.4. The van der Waals surface area contributed by atoms with Gasteiger partial charge in [0.15, 0.2) is 0 Å². The van der Waals surface area contributed by atoms with Crippen LogP contribution in [0.3, 0.4) is 0 Å². The van der Waals surface area contributed by atoms with Crippen LogP contribution in [0.15, 0.2) is 95.7 Å². The number of benzene rings is 5. The summed E-state index contributed by atoms with van der Waals surface area (Å²) in [5.41, 5.74) is 11.8. The first-order valence-corrected chi connectivity index (χ1v) is 20.2. The molecule has 9 rings (SSSR count). The van der Waals surface area contributed by atoms with Crippen LogP contribution in [0.4, 0.5) is 42.9 Å². The summed E-state index contributed by atoms with van der Waals surface area (Å²) in [4.78, 5) is 4.22. The molecule has 5 aromatic carbocycles. The van der Waals surface area contributed by atoms with Crippen molar-refractivity contribution in [2.75, 3.05) is 9.80 Å². The van der Waals surface area contributed by atoms with E-state index < -0.39 is 11.6 Å². The maximum atomic E-state index is 16.0. The molecule has 7 heteroatoms. The van der Waals surface area contributed by atoms with Gasteiger partial charge in [-0.05, 0) is 119 Å². The van der Waals surface area contributed by atoms with E-state index >= 15 is 8.78 Å². The van der Waals surface area contributed by atoms with Crippen LogP contribution in [0, 0.1) is 11.6 Å². The Hall–Kier alpha value is -4.46. The molecule has 0 saturated heterocycles. The fourth-order valence-corrected chi connectivity index (χ4v) is 10.9. The molecule has 53 heavy (non-hydrogen) atoms. The summed E-state index contributed by atoms with van der Waals surface area (Å²) >= 11 is 3.59. The second-order valence-corrected chi connectivity index (χ2v) is 19.6. The van der Waals surface area contributed by atoms with Crippen LogP contribution in [-0.2, 0) is 16.2 Å². The smallest absolute Gasteiger partial charge is 0.252 e. The van der Waals surface area contributed by atoms with E-state index in [0.717, 1.165) is 39.4 Å². The van der Waals surface area contributed by atoms with Gasteiger partial charge in [0, 0.05) is 37.8 Å². The first-order valence-electron chi connectivity index (χ1n) is 18.4. The second-order valence-electron chi connectivity index (χ2n) is 17.8. The van der Waals surface area contributed by atoms with Crippen molar-refractivity contribution < 1.29 is 8.78 Å². The van der Waals surface area contributed by atoms with Crippen LogP contribution in [0.2, 0.25) is 0 Å². The van der Waals surface area contributed by atoms with Gasteiger partial charge in [-0.3, -0.25) is 0 Å². The van der Waals surface area contributed by atoms with Crippen LogP contribution < -0.4 is 26.2 Å². The number of fused-ring (bicyclic) bond motifs is 6. The molecule has 0 fully saturated rings. The Morgan fingerprint density at radius 3 is 1.75 bits per heavy atom. The maximum absolute atomic E-state index is 16.0. The average molecular weight is 737 g/mol. The van der Waals surface area contributed by atoms with E-state index in [9.17, 15) is 0 Å². The molecule has 0 radical (unpaired) electrons. The van der Waals surface area contributed by atoms with Crippen molar-refractivity contribution in [2.24, 2.45) is 0 Å². The van der Waals surface area contributed by atoms with E-state index in [4.69, 9.17) is 0 Å². The minimum Gasteiger partial charge on any atom is -0.311 e. The monoisotopic (exact) mass is 736 g/mol. The molecule has 0 amide bonds. The lowest BCUT2D eigenvalue weighted by molar-refractivity contribution is 0.585. The minimum atomic E-state index is -0.590. The van der Waals surface area contributed by atoms with E-state index in [1.807, 2.05) is 17.0 Å². The Morgan fingerprint density at radius 2 is 1.11 bits per heavy atom. The Labute approximate surface area is 319 Å². The highest BCUT2D eigenvalue weighted by Gasteiger charge is 2.45. The predicted octanol–water partition coefficient (Wildman–Crippen LogP) is 12.4. The fraction of sp³-hybridized carbons (Fsp3) is 0.261. The first-order chi connectivity index (χ1) is 25.0. The van der Waals surface area contributed by atoms with Crippen molar-refractivity contribution in [1.82, 2.24) is 0 Å². The van der Waals surface area contributed by atoms with E-state index in [0.29, 0.717) is 0 Å². The summed E-state index contributed by atoms with van der Waals surface area (Å²) in [7, 11) is 0. The van der Waals surface area contributed by atoms with E-state index in [1.54, 1.807) is 22.7 Å². The number of para-hydroxylation sites is 1. The molecule has 7 aromatic rings. The van der Waals surface area contributed by atoms with Crippen LogP contribution in [-0.4, -0.2) is 6.71 Å². The molecule has 0 N–H and O–H groups in total. The van der Waals surface area contributed by atoms with Gasteiger partial charge in [0.1, 0.15) is 17.3 Å². The third kappa shape index (κ3) is 5.21. The predicted molar refractivity (Wildman–Crippen MR) is 227 cm³/mol. The molecule has 4 heterocycles. The SMILES string of the molecule is CC(C)(C)c1ccc2c(c1)B1c3cc4c(C(C)(C)C)csc4cc3N(c3ccc4c(C(C)(C)C)csc4c3)c3cccc(c31)N2c1c(F)cccc1F. The summed E-state index contributed by atoms with van der Waals surface area (Å²) in [5, 5.41) is 7.17. The summed E-state index contributed by atoms with van der Waals surface area (Å²) in [6.07, 6.45) is 0. The van der Waals surface area contributed by atoms with Crippen molar-refractivity contribution in [1.29, 1.82) is 0 Å². The lowest BCUT2D eigenvalue weighted by atomic mass is 9.33. The molecular weight excluding hydrogens is 693 g/mol. The summed E-state index contributed by atoms with van der Waals surface area (Å²) in [6.45, 7) is 20.1. The zero-order valence-electron chi connectivity index (χ0n) is 31.8. The van der Waals surface area contributed by atoms with Crippen LogP contribution in [0.5, 0.6) is 0 Å². The largest absolute Gasteiger partial charge is 0.311 e. The third-order valence-corrected chi connectivity index (χ3v) is 13.0. The number of nitrogens with zero attached hydrogens (tertiary/aromatic N) is 2. The average Bonchev–Trinajstić information content (AvgIpc) is 3.72. The van der Waals surface area contributed by atoms with Crippen molar-refractivity contribution in [2.45, 2.75) is 78.6 Å². The quantitative estimate of drug-likeness (QED) is 0.163. The van der Waals surface area contributed by atoms with Crippen LogP contribution >= 0.6 is 22.7 Å². The number of halogens is 2. The lowest BCUT2D eigenvalue weighted by Gasteiger charge is -2.44. The highest BCUT2D eigenvalue weighted by molar-refractivity contribution is 7.18. The molecule has 0 unspecified atom stereocenters. The molecule has 0 saturated carbocycles. The van der Waals surface area contributed by atoms with Gasteiger partial charge in [-0.15, -0.1) is 22.7 Å². The van der Waals surface area contributed by atoms with E-state index in [-0.39, 0.29) is 28.6 Å². The van der Waals surface area contributed by atoms with E-state index in [1.165, 1.54) is 60.5 Å². The zero-order chi connectivity index (χ0) is 37.4. The molecule has 266 valence electrons. The van der Waals surface area contributed by atoms with Crippen molar-refractivity contribution >= 4 is 100 Å². The van der Waals surface area contributed by atoms with Gasteiger partial charge in [-0.25, -0.2) is 8.78 Å². The van der Waals surface area contributed by atoms with E-state index in [2.05, 4.69) is 133 Å². The lowest BCUT2D eigenvalue weighted by Crippen LogP contribution is -2.61. The Balaban J connectivity index is 1.40. The van der Waals surface area contributed by atoms with Gasteiger partial charge >= 0.3 is 0 Å². The second kappa shape index (κ2) is 11.5. The maximum Gasteiger partial charge on any atom is 0.252 e. The topological polar surface area (TPSA) is 6.48 Å². The van der Waals surface area contributed by atoms with Gasteiger partial charge < -0.3 is 9.80 Å². The molecule has 0 bridgehead atoms. The van der Waals surface area contributed by atoms with Crippen LogP contribution in [0.1, 0.15) is 79.0 Å². The third-order valence-electron chi connectivity index (χ3n) is 11.1. The molecule has 2 aromatic heterocycles. The normalized spacial score (nSPS) is 14.2. The summed E-state index contributed by atoms with van der Waals surface area (Å²) in [5.74, 6) is -1.18. The van der Waals surface area contributed by atoms with Crippen molar-refractivity contribution in [3.05, 3.63) is 124 Å². The molecule has 0 aliphatic carbocycles. The first kappa shape index (κ1) is 34.3. The van der Waals surface area contributed by atoms with Gasteiger partial charge in [0.25, 0.3) is 6.71 Å². The minimum absolute atomic E-state index is 0.0312. The molecular formula is C46H43BF2N2S2. The fourth-order valence-electron chi connectivity index (χ4n) is 8.46. The number of rotatable bonds is 2. The molecule has 2 aliphatic heterocycles. The van der Waals surface area contributed by atoms with Gasteiger partial charge in [-0.2, -0.15) is 0 Å². The van der Waals surface area contributed by atoms with Crippen molar-refractivity contribution in [3.8, 4) is 0 Å². The highest BCUT2D eigenvalue weighted by Crippen LogP contribution is 2.48. The molecule has 2 aliphatic rings. The van der Waals surface area contributed by atoms with Gasteiger partial charge in [0.05, 0.1) is 0 Å². The van der Waals surface area contributed by atoms with Gasteiger partial charge in [0.2, 0.25) is 0 Å². The van der Waals surface area contributed by atoms with Crippen LogP contribution in [0.25, 0.3) is 20.2 Å². The number of hydrogen-bond donors (Lipinski definition) is 0. The highest BCUT2D eigenvalue weighted by atomic mass is 32.1. The Bertz CT molecular complexity index is 2610.